The molecule has 0 fully saturated rings. The van der Waals surface area contributed by atoms with Gasteiger partial charge in [0, 0.05) is 53.5 Å². The third-order valence-corrected chi connectivity index (χ3v) is 14.5. The summed E-state index contributed by atoms with van der Waals surface area (Å²) in [5, 5.41) is 13.8. The minimum absolute atomic E-state index is 0.0118. The van der Waals surface area contributed by atoms with Gasteiger partial charge in [-0.25, -0.2) is 4.99 Å². The fourth-order valence-electron chi connectivity index (χ4n) is 10.6. The summed E-state index contributed by atoms with van der Waals surface area (Å²) in [5.74, 6) is 0.820. The Morgan fingerprint density at radius 3 is 2.05 bits per heavy atom. The molecule has 4 heterocycles. The van der Waals surface area contributed by atoms with E-state index in [2.05, 4.69) is 221 Å². The van der Waals surface area contributed by atoms with Crippen LogP contribution in [0.5, 0.6) is 0 Å². The van der Waals surface area contributed by atoms with E-state index in [1.165, 1.54) is 91.7 Å². The molecular weight excluding hydrogens is 785 g/mol. The monoisotopic (exact) mass is 820 g/mol. The van der Waals surface area contributed by atoms with E-state index in [0.29, 0.717) is 0 Å². The summed E-state index contributed by atoms with van der Waals surface area (Å²) >= 11 is 1.88. The van der Waals surface area contributed by atoms with Crippen molar-refractivity contribution in [3.8, 4) is 27.9 Å². The predicted octanol–water partition coefficient (Wildman–Crippen LogP) is 14.7. The third kappa shape index (κ3) is 5.08. The number of aliphatic imine (C=N–C) groups is 1. The van der Waals surface area contributed by atoms with Crippen molar-refractivity contribution >= 4 is 88.6 Å². The van der Waals surface area contributed by atoms with Crippen LogP contribution in [0.15, 0.2) is 227 Å². The highest BCUT2D eigenvalue weighted by molar-refractivity contribution is 7.99. The van der Waals surface area contributed by atoms with Crippen LogP contribution in [0, 0.1) is 0 Å². The van der Waals surface area contributed by atoms with Gasteiger partial charge in [-0.3, -0.25) is 4.57 Å². The van der Waals surface area contributed by atoms with Gasteiger partial charge >= 0.3 is 0 Å². The molecule has 9 aromatic carbocycles. The summed E-state index contributed by atoms with van der Waals surface area (Å²) in [4.78, 5) is 8.13. The maximum atomic E-state index is 5.52. The van der Waals surface area contributed by atoms with Crippen LogP contribution in [0.2, 0.25) is 0 Å². The average molecular weight is 821 g/mol. The van der Waals surface area contributed by atoms with Gasteiger partial charge in [0.25, 0.3) is 0 Å². The Kier molecular flexibility index (Phi) is 7.36. The molecule has 294 valence electrons. The molecule has 0 saturated carbocycles. The number of hydrogen-bond acceptors (Lipinski definition) is 3. The number of nitrogens with zero attached hydrogens (tertiary/aromatic N) is 3. The first-order chi connectivity index (χ1) is 31.2. The molecule has 2 aliphatic heterocycles. The van der Waals surface area contributed by atoms with Gasteiger partial charge in [0.1, 0.15) is 0 Å². The number of rotatable bonds is 3. The van der Waals surface area contributed by atoms with Crippen molar-refractivity contribution in [1.29, 1.82) is 0 Å². The molecule has 3 aliphatic rings. The molecule has 11 aromatic rings. The first-order valence-corrected chi connectivity index (χ1v) is 22.4. The quantitative estimate of drug-likeness (QED) is 0.193. The van der Waals surface area contributed by atoms with Gasteiger partial charge < -0.3 is 9.88 Å². The molecule has 0 spiro atoms. The van der Waals surface area contributed by atoms with E-state index in [1.54, 1.807) is 0 Å². The highest BCUT2D eigenvalue weighted by Crippen LogP contribution is 2.51. The smallest absolute Gasteiger partial charge is 0.209 e. The minimum atomic E-state index is -0.0118. The van der Waals surface area contributed by atoms with E-state index in [9.17, 15) is 0 Å². The minimum Gasteiger partial charge on any atom is -0.345 e. The predicted molar refractivity (Wildman–Crippen MR) is 265 cm³/mol. The van der Waals surface area contributed by atoms with Gasteiger partial charge in [-0.2, -0.15) is 0 Å². The molecule has 1 N–H and O–H groups in total. The molecule has 1 aliphatic carbocycles. The molecule has 1 unspecified atom stereocenters. The van der Waals surface area contributed by atoms with Gasteiger partial charge in [-0.1, -0.05) is 157 Å². The second kappa shape index (κ2) is 13.3. The Balaban J connectivity index is 0.978. The fourth-order valence-corrected chi connectivity index (χ4v) is 11.7. The van der Waals surface area contributed by atoms with E-state index in [4.69, 9.17) is 4.99 Å². The number of para-hydroxylation sites is 2. The number of allylic oxidation sites excluding steroid dienone is 2. The number of nitrogens with one attached hydrogen (secondary N) is 1. The van der Waals surface area contributed by atoms with Crippen LogP contribution in [0.25, 0.3) is 98.8 Å². The lowest BCUT2D eigenvalue weighted by Gasteiger charge is -2.29. The number of aromatic nitrogens is 2. The normalized spacial score (nSPS) is 15.4. The van der Waals surface area contributed by atoms with Crippen molar-refractivity contribution in [2.45, 2.75) is 15.8 Å². The summed E-state index contributed by atoms with van der Waals surface area (Å²) in [6.45, 7) is 0. The van der Waals surface area contributed by atoms with Crippen LogP contribution >= 0.6 is 11.8 Å². The van der Waals surface area contributed by atoms with E-state index in [0.717, 1.165) is 33.9 Å². The van der Waals surface area contributed by atoms with Crippen molar-refractivity contribution in [2.75, 3.05) is 0 Å². The largest absolute Gasteiger partial charge is 0.345 e. The molecule has 0 bridgehead atoms. The fraction of sp³-hybridized carbons (Fsp3) is 0.0172. The van der Waals surface area contributed by atoms with Gasteiger partial charge in [-0.05, 0) is 99.1 Å². The Labute approximate surface area is 367 Å². The highest BCUT2D eigenvalue weighted by atomic mass is 32.2. The van der Waals surface area contributed by atoms with Crippen LogP contribution < -0.4 is 5.32 Å². The van der Waals surface area contributed by atoms with Crippen LogP contribution in [-0.2, 0) is 0 Å². The summed E-state index contributed by atoms with van der Waals surface area (Å²) in [7, 11) is 0. The highest BCUT2D eigenvalue weighted by Gasteiger charge is 2.28. The Hall–Kier alpha value is -7.86. The average Bonchev–Trinajstić information content (AvgIpc) is 3.86. The molecule has 1 atom stereocenters. The topological polar surface area (TPSA) is 34.2 Å². The molecule has 4 nitrogen and oxygen atoms in total. The Bertz CT molecular complexity index is 3910. The molecular formula is C58H36N4S. The van der Waals surface area contributed by atoms with Gasteiger partial charge in [-0.15, -0.1) is 0 Å². The Morgan fingerprint density at radius 2 is 1.14 bits per heavy atom. The van der Waals surface area contributed by atoms with Crippen molar-refractivity contribution in [2.24, 2.45) is 4.99 Å². The van der Waals surface area contributed by atoms with Crippen molar-refractivity contribution in [3.63, 3.8) is 0 Å². The number of hydrogen-bond donors (Lipinski definition) is 1. The molecule has 0 saturated heterocycles. The third-order valence-electron chi connectivity index (χ3n) is 13.3. The van der Waals surface area contributed by atoms with Crippen LogP contribution in [0.4, 0.5) is 0 Å². The van der Waals surface area contributed by atoms with Crippen LogP contribution in [-0.4, -0.2) is 21.1 Å². The Morgan fingerprint density at radius 1 is 0.460 bits per heavy atom. The maximum Gasteiger partial charge on any atom is 0.209 e. The van der Waals surface area contributed by atoms with Crippen molar-refractivity contribution in [3.05, 3.63) is 217 Å². The second-order valence-electron chi connectivity index (χ2n) is 16.7. The zero-order chi connectivity index (χ0) is 41.2. The van der Waals surface area contributed by atoms with E-state index in [1.807, 2.05) is 11.8 Å². The first kappa shape index (κ1) is 34.8. The SMILES string of the molecule is C1=CC2=C(c3cccc4ccccc34)N=C(n3c4ccccc4c4cc(-c5ccc6c(c5)c5c7cccc8c7c(cc5n6-c5ccccc5)-c5ccccc5S8)ccc43)NC2C=C1. The summed E-state index contributed by atoms with van der Waals surface area (Å²) < 4.78 is 4.78. The van der Waals surface area contributed by atoms with Gasteiger partial charge in [0.05, 0.1) is 33.8 Å². The number of fused-ring (bicyclic) bond motifs is 11. The standard InChI is InChI=1S/C58H36N4S/c1-2-16-38(17-3-1)61-51-31-29-37(33-47(51)55-44-23-13-27-54-56(44)46(34-52(55)61)41-20-8-11-26-53(41)63-54)36-28-30-50-45(32-36)40-19-7-10-25-49(40)62(50)58-59-48-24-9-6-21-43(48)57(60-58)42-22-12-15-35-14-4-5-18-39(35)42/h1-34,48H,(H,59,60). The van der Waals surface area contributed by atoms with E-state index < -0.39 is 0 Å². The zero-order valence-corrected chi connectivity index (χ0v) is 34.8. The lowest BCUT2D eigenvalue weighted by atomic mass is 9.93. The molecule has 2 aromatic heterocycles. The van der Waals surface area contributed by atoms with Crippen molar-refractivity contribution < 1.29 is 0 Å². The molecule has 5 heteroatoms. The molecule has 0 radical (unpaired) electrons. The number of benzene rings is 9. The summed E-state index contributed by atoms with van der Waals surface area (Å²) in [6, 6.07) is 66.8. The van der Waals surface area contributed by atoms with Crippen LogP contribution in [0.1, 0.15) is 5.56 Å². The molecule has 14 rings (SSSR count). The van der Waals surface area contributed by atoms with Crippen molar-refractivity contribution in [1.82, 2.24) is 14.5 Å². The second-order valence-corrected chi connectivity index (χ2v) is 17.8. The lowest BCUT2D eigenvalue weighted by molar-refractivity contribution is 0.805. The molecule has 63 heavy (non-hydrogen) atoms. The van der Waals surface area contributed by atoms with E-state index >= 15 is 0 Å². The maximum absolute atomic E-state index is 5.52. The van der Waals surface area contributed by atoms with E-state index in [-0.39, 0.29) is 6.04 Å². The first-order valence-electron chi connectivity index (χ1n) is 21.6. The summed E-state index contributed by atoms with van der Waals surface area (Å²) in [6.07, 6.45) is 8.69. The molecule has 0 amide bonds. The zero-order valence-electron chi connectivity index (χ0n) is 34.0. The summed E-state index contributed by atoms with van der Waals surface area (Å²) in [5.41, 5.74) is 14.1. The van der Waals surface area contributed by atoms with Gasteiger partial charge in [0.2, 0.25) is 5.96 Å². The van der Waals surface area contributed by atoms with Gasteiger partial charge in [0.15, 0.2) is 0 Å². The lowest BCUT2D eigenvalue weighted by Crippen LogP contribution is -2.42. The van der Waals surface area contributed by atoms with Crippen LogP contribution in [0.3, 0.4) is 0 Å².